The molecule has 2 amide bonds. The fraction of sp³-hybridized carbons (Fsp3) is 0.200. The average molecular weight is 334 g/mol. The molecule has 0 fully saturated rings. The van der Waals surface area contributed by atoms with Gasteiger partial charge in [-0.2, -0.15) is 0 Å². The number of carbonyl (C=O) groups is 2. The van der Waals surface area contributed by atoms with Gasteiger partial charge in [-0.1, -0.05) is 0 Å². The van der Waals surface area contributed by atoms with E-state index in [1.165, 1.54) is 6.07 Å². The summed E-state index contributed by atoms with van der Waals surface area (Å²) in [5.74, 6) is -0.985. The second kappa shape index (κ2) is 5.69. The number of phenolic OH excluding ortho intramolecular Hbond substituents is 1. The Morgan fingerprint density at radius 1 is 1.44 bits per heavy atom. The molecule has 0 aliphatic carbocycles. The van der Waals surface area contributed by atoms with E-state index < -0.39 is 11.8 Å². The maximum atomic E-state index is 11.6. The van der Waals surface area contributed by atoms with Crippen LogP contribution in [0.25, 0.3) is 0 Å². The zero-order valence-corrected chi connectivity index (χ0v) is 10.5. The number of nitrogens with two attached hydrogens (primary N) is 1. The number of primary amides is 1. The van der Waals surface area contributed by atoms with E-state index in [1.807, 2.05) is 22.6 Å². The van der Waals surface area contributed by atoms with Gasteiger partial charge in [0.15, 0.2) is 0 Å². The number of benzene rings is 1. The van der Waals surface area contributed by atoms with Crippen molar-refractivity contribution in [2.45, 2.75) is 6.42 Å². The Bertz CT molecular complexity index is 421. The number of halogens is 1. The van der Waals surface area contributed by atoms with Crippen LogP contribution >= 0.6 is 22.6 Å². The lowest BCUT2D eigenvalue weighted by Crippen LogP contribution is -2.27. The van der Waals surface area contributed by atoms with Crippen molar-refractivity contribution in [3.63, 3.8) is 0 Å². The van der Waals surface area contributed by atoms with Crippen molar-refractivity contribution in [3.05, 3.63) is 27.3 Å². The molecule has 6 heteroatoms. The lowest BCUT2D eigenvalue weighted by atomic mass is 10.2. The van der Waals surface area contributed by atoms with Gasteiger partial charge >= 0.3 is 0 Å². The SMILES string of the molecule is NC(=O)CCNC(=O)c1cc(I)ccc1O. The predicted molar refractivity (Wildman–Crippen MR) is 67.0 cm³/mol. The zero-order chi connectivity index (χ0) is 12.1. The molecule has 0 saturated heterocycles. The third kappa shape index (κ3) is 3.69. The van der Waals surface area contributed by atoms with Crippen LogP contribution in [0.4, 0.5) is 0 Å². The molecule has 1 aromatic rings. The first kappa shape index (κ1) is 12.8. The highest BCUT2D eigenvalue weighted by Gasteiger charge is 2.11. The van der Waals surface area contributed by atoms with Gasteiger partial charge in [0.25, 0.3) is 5.91 Å². The fourth-order valence-electron chi connectivity index (χ4n) is 1.08. The minimum absolute atomic E-state index is 0.0798. The Morgan fingerprint density at radius 3 is 2.75 bits per heavy atom. The van der Waals surface area contributed by atoms with Crippen molar-refractivity contribution in [2.75, 3.05) is 6.54 Å². The second-order valence-corrected chi connectivity index (χ2v) is 4.38. The van der Waals surface area contributed by atoms with Crippen LogP contribution in [-0.4, -0.2) is 23.5 Å². The summed E-state index contributed by atoms with van der Waals surface area (Å²) in [6.45, 7) is 0.166. The number of hydrogen-bond acceptors (Lipinski definition) is 3. The topological polar surface area (TPSA) is 92.4 Å². The smallest absolute Gasteiger partial charge is 0.255 e. The van der Waals surface area contributed by atoms with Gasteiger partial charge in [-0.15, -0.1) is 0 Å². The third-order valence-corrected chi connectivity index (χ3v) is 2.53. The predicted octanol–water partition coefficient (Wildman–Crippen LogP) is 0.602. The Kier molecular flexibility index (Phi) is 4.53. The molecular formula is C10H11IN2O3. The lowest BCUT2D eigenvalue weighted by Gasteiger charge is -2.06. The van der Waals surface area contributed by atoms with Gasteiger partial charge in [-0.3, -0.25) is 9.59 Å². The Morgan fingerprint density at radius 2 is 2.12 bits per heavy atom. The molecular weight excluding hydrogens is 323 g/mol. The fourth-order valence-corrected chi connectivity index (χ4v) is 1.58. The molecule has 4 N–H and O–H groups in total. The summed E-state index contributed by atoms with van der Waals surface area (Å²) in [7, 11) is 0. The number of rotatable bonds is 4. The van der Waals surface area contributed by atoms with Gasteiger partial charge in [0.05, 0.1) is 5.56 Å². The van der Waals surface area contributed by atoms with Crippen LogP contribution in [0.3, 0.4) is 0 Å². The van der Waals surface area contributed by atoms with Crippen molar-refractivity contribution in [1.29, 1.82) is 0 Å². The van der Waals surface area contributed by atoms with Crippen molar-refractivity contribution in [1.82, 2.24) is 5.32 Å². The Labute approximate surface area is 106 Å². The molecule has 0 aliphatic rings. The van der Waals surface area contributed by atoms with Gasteiger partial charge in [0.2, 0.25) is 5.91 Å². The molecule has 16 heavy (non-hydrogen) atoms. The summed E-state index contributed by atoms with van der Waals surface area (Å²) in [5, 5.41) is 12.0. The van der Waals surface area contributed by atoms with Gasteiger partial charge in [-0.25, -0.2) is 0 Å². The maximum absolute atomic E-state index is 11.6. The highest BCUT2D eigenvalue weighted by atomic mass is 127. The molecule has 0 spiro atoms. The number of amides is 2. The first-order chi connectivity index (χ1) is 7.50. The molecule has 5 nitrogen and oxygen atoms in total. The largest absolute Gasteiger partial charge is 0.507 e. The summed E-state index contributed by atoms with van der Waals surface area (Å²) in [4.78, 5) is 22.0. The van der Waals surface area contributed by atoms with Crippen molar-refractivity contribution in [3.8, 4) is 5.75 Å². The molecule has 0 radical (unpaired) electrons. The van der Waals surface area contributed by atoms with E-state index in [9.17, 15) is 14.7 Å². The average Bonchev–Trinajstić information content (AvgIpc) is 2.21. The highest BCUT2D eigenvalue weighted by Crippen LogP contribution is 2.19. The van der Waals surface area contributed by atoms with E-state index in [-0.39, 0.29) is 24.3 Å². The van der Waals surface area contributed by atoms with E-state index in [0.29, 0.717) is 0 Å². The van der Waals surface area contributed by atoms with Crippen LogP contribution in [0, 0.1) is 3.57 Å². The quantitative estimate of drug-likeness (QED) is 0.704. The van der Waals surface area contributed by atoms with Crippen LogP contribution < -0.4 is 11.1 Å². The molecule has 0 aromatic heterocycles. The highest BCUT2D eigenvalue weighted by molar-refractivity contribution is 14.1. The van der Waals surface area contributed by atoms with Crippen LogP contribution in [-0.2, 0) is 4.79 Å². The maximum Gasteiger partial charge on any atom is 0.255 e. The number of carbonyl (C=O) groups excluding carboxylic acids is 2. The number of hydrogen-bond donors (Lipinski definition) is 3. The number of aromatic hydroxyl groups is 1. The number of phenols is 1. The molecule has 86 valence electrons. The molecule has 0 saturated carbocycles. The normalized spacial score (nSPS) is 9.81. The summed E-state index contributed by atoms with van der Waals surface area (Å²) in [6.07, 6.45) is 0.0798. The molecule has 1 aromatic carbocycles. The minimum Gasteiger partial charge on any atom is -0.507 e. The van der Waals surface area contributed by atoms with Crippen LogP contribution in [0.2, 0.25) is 0 Å². The van der Waals surface area contributed by atoms with E-state index in [1.54, 1.807) is 12.1 Å². The molecule has 0 heterocycles. The van der Waals surface area contributed by atoms with E-state index in [2.05, 4.69) is 5.32 Å². The van der Waals surface area contributed by atoms with Crippen LogP contribution in [0.5, 0.6) is 5.75 Å². The van der Waals surface area contributed by atoms with Crippen molar-refractivity contribution >= 4 is 34.4 Å². The molecule has 0 bridgehead atoms. The summed E-state index contributed by atoms with van der Waals surface area (Å²) in [6, 6.07) is 4.70. The Hall–Kier alpha value is -1.31. The van der Waals surface area contributed by atoms with E-state index >= 15 is 0 Å². The van der Waals surface area contributed by atoms with Crippen LogP contribution in [0.1, 0.15) is 16.8 Å². The number of nitrogens with one attached hydrogen (secondary N) is 1. The first-order valence-corrected chi connectivity index (χ1v) is 5.63. The third-order valence-electron chi connectivity index (χ3n) is 1.86. The Balaban J connectivity index is 2.65. The van der Waals surface area contributed by atoms with Crippen molar-refractivity contribution in [2.24, 2.45) is 5.73 Å². The summed E-state index contributed by atoms with van der Waals surface area (Å²) >= 11 is 2.04. The molecule has 1 rings (SSSR count). The standard InChI is InChI=1S/C10H11IN2O3/c11-6-1-2-8(14)7(5-6)10(16)13-4-3-9(12)15/h1-2,5,14H,3-4H2,(H2,12,15)(H,13,16). The van der Waals surface area contributed by atoms with Gasteiger partial charge in [0, 0.05) is 16.5 Å². The second-order valence-electron chi connectivity index (χ2n) is 3.13. The minimum atomic E-state index is -0.479. The van der Waals surface area contributed by atoms with Gasteiger partial charge in [-0.05, 0) is 40.8 Å². The first-order valence-electron chi connectivity index (χ1n) is 4.55. The molecule has 0 atom stereocenters. The van der Waals surface area contributed by atoms with Gasteiger partial charge < -0.3 is 16.2 Å². The molecule has 0 aliphatic heterocycles. The lowest BCUT2D eigenvalue weighted by molar-refractivity contribution is -0.117. The van der Waals surface area contributed by atoms with E-state index in [0.717, 1.165) is 3.57 Å². The van der Waals surface area contributed by atoms with Gasteiger partial charge in [0.1, 0.15) is 5.75 Å². The summed E-state index contributed by atoms with van der Waals surface area (Å²) < 4.78 is 0.843. The van der Waals surface area contributed by atoms with E-state index in [4.69, 9.17) is 5.73 Å². The molecule has 0 unspecified atom stereocenters. The zero-order valence-electron chi connectivity index (χ0n) is 8.37. The van der Waals surface area contributed by atoms with Crippen molar-refractivity contribution < 1.29 is 14.7 Å². The summed E-state index contributed by atoms with van der Waals surface area (Å²) in [5.41, 5.74) is 5.12. The monoisotopic (exact) mass is 334 g/mol. The van der Waals surface area contributed by atoms with Crippen LogP contribution in [0.15, 0.2) is 18.2 Å².